The number of halogens is 3. The lowest BCUT2D eigenvalue weighted by Crippen LogP contribution is -2.52. The molecule has 0 spiro atoms. The lowest BCUT2D eigenvalue weighted by Gasteiger charge is -2.32. The summed E-state index contributed by atoms with van der Waals surface area (Å²) in [4.78, 5) is 62.0. The van der Waals surface area contributed by atoms with Gasteiger partial charge in [-0.15, -0.1) is 0 Å². The van der Waals surface area contributed by atoms with Crippen LogP contribution in [0.4, 0.5) is 18.9 Å². The molecule has 2 aromatic heterocycles. The van der Waals surface area contributed by atoms with E-state index < -0.39 is 69.6 Å². The summed E-state index contributed by atoms with van der Waals surface area (Å²) >= 11 is 0. The van der Waals surface area contributed by atoms with Crippen molar-refractivity contribution in [2.24, 2.45) is 0 Å². The Balaban J connectivity index is 0.807. The smallest absolute Gasteiger partial charge is 0.301 e. The van der Waals surface area contributed by atoms with Crippen LogP contribution in [0.1, 0.15) is 93.5 Å². The molecule has 18 heteroatoms. The third kappa shape index (κ3) is 8.35. The van der Waals surface area contributed by atoms with Crippen LogP contribution < -0.4 is 10.0 Å². The number of aromatic amines is 1. The summed E-state index contributed by atoms with van der Waals surface area (Å²) in [6, 6.07) is 16.0. The van der Waals surface area contributed by atoms with E-state index in [0.717, 1.165) is 53.5 Å². The van der Waals surface area contributed by atoms with Gasteiger partial charge in [0.25, 0.3) is 5.91 Å². The summed E-state index contributed by atoms with van der Waals surface area (Å²) in [5.41, 5.74) is 3.28. The summed E-state index contributed by atoms with van der Waals surface area (Å²) in [5, 5.41) is 13.7. The van der Waals surface area contributed by atoms with E-state index in [-0.39, 0.29) is 49.7 Å². The minimum absolute atomic E-state index is 0.00348. The van der Waals surface area contributed by atoms with E-state index in [1.54, 1.807) is 24.4 Å². The van der Waals surface area contributed by atoms with Gasteiger partial charge in [-0.05, 0) is 97.6 Å². The summed E-state index contributed by atoms with van der Waals surface area (Å²) in [7, 11) is -4.36. The number of benzene rings is 3. The quantitative estimate of drug-likeness (QED) is 0.0928. The molecule has 3 amide bonds. The number of rotatable bonds is 12. The first-order chi connectivity index (χ1) is 30.2. The second-order valence-electron chi connectivity index (χ2n) is 16.6. The maximum Gasteiger partial charge on any atom is 0.301 e. The number of pyridine rings is 1. The number of nitrogens with one attached hydrogen (secondary N) is 3. The van der Waals surface area contributed by atoms with Gasteiger partial charge in [0.15, 0.2) is 5.82 Å². The van der Waals surface area contributed by atoms with Crippen LogP contribution in [0.5, 0.6) is 0 Å². The molecule has 4 aliphatic heterocycles. The van der Waals surface area contributed by atoms with Crippen LogP contribution in [0.15, 0.2) is 73.1 Å². The highest BCUT2D eigenvalue weighted by Crippen LogP contribution is 2.35. The number of piperidine rings is 2. The normalized spacial score (nSPS) is 20.6. The molecule has 14 nitrogen and oxygen atoms in total. The zero-order valence-electron chi connectivity index (χ0n) is 34.0. The van der Waals surface area contributed by atoms with E-state index in [1.165, 1.54) is 16.7 Å². The molecular formula is C45H44F3N7O7S. The number of anilines is 1. The topological polar surface area (TPSA) is 185 Å². The van der Waals surface area contributed by atoms with E-state index in [0.29, 0.717) is 46.6 Å². The van der Waals surface area contributed by atoms with Gasteiger partial charge in [0, 0.05) is 67.1 Å². The number of imide groups is 1. The summed E-state index contributed by atoms with van der Waals surface area (Å²) in [6.45, 7) is 2.13. The molecule has 0 bridgehead atoms. The number of amides is 3. The Morgan fingerprint density at radius 2 is 1.73 bits per heavy atom. The van der Waals surface area contributed by atoms with Crippen molar-refractivity contribution in [1.82, 2.24) is 29.4 Å². The number of carbonyl (C=O) groups excluding carboxylic acids is 4. The average molecular weight is 884 g/mol. The second kappa shape index (κ2) is 17.0. The van der Waals surface area contributed by atoms with Crippen LogP contribution in [0.2, 0.25) is 0 Å². The van der Waals surface area contributed by atoms with Crippen LogP contribution in [-0.2, 0) is 26.3 Å². The zero-order chi connectivity index (χ0) is 44.2. The molecule has 9 rings (SSSR count). The minimum Gasteiger partial charge on any atom is -0.388 e. The number of aliphatic hydroxyl groups is 1. The predicted octanol–water partition coefficient (Wildman–Crippen LogP) is 5.50. The Morgan fingerprint density at radius 3 is 2.46 bits per heavy atom. The number of ketones is 1. The van der Waals surface area contributed by atoms with Gasteiger partial charge in [-0.2, -0.15) is 12.7 Å². The van der Waals surface area contributed by atoms with Gasteiger partial charge in [-0.1, -0.05) is 36.4 Å². The number of aliphatic hydroxyl groups excluding tert-OH is 1. The largest absolute Gasteiger partial charge is 0.388 e. The van der Waals surface area contributed by atoms with Crippen LogP contribution in [0.3, 0.4) is 0 Å². The Kier molecular flexibility index (Phi) is 11.4. The number of H-pyrrole nitrogens is 1. The van der Waals surface area contributed by atoms with Crippen LogP contribution in [0, 0.1) is 11.6 Å². The number of nitrogens with zero attached hydrogens (tertiary/aromatic N) is 4. The standard InChI is InChI=1S/C45H44F3N7O7S/c46-31-13-18-54(24-31)63(61,62)52-36-8-7-35(47)40(41(36)48)42(58)34-22-50-43-33(34)20-29(21-49-43)26-3-1-25(2-4-26)27-11-15-53(16-12-27)17-14-38(56)28-5-6-32-30(19-28)23-55(45(32)60)37-9-10-39(57)51-44(37)59/h1-8,19-22,27,31,37-38,52,56H,9-18,23-24H2,(H,49,50)(H,51,57,59)/t31-,37?,38-/m1/s1. The first kappa shape index (κ1) is 42.4. The molecular weight excluding hydrogens is 840 g/mol. The highest BCUT2D eigenvalue weighted by Gasteiger charge is 2.39. The maximum atomic E-state index is 15.7. The monoisotopic (exact) mass is 883 g/mol. The summed E-state index contributed by atoms with van der Waals surface area (Å²) in [6.07, 6.45) is 3.66. The van der Waals surface area contributed by atoms with Gasteiger partial charge < -0.3 is 19.9 Å². The second-order valence-corrected chi connectivity index (χ2v) is 18.3. The molecule has 328 valence electrons. The van der Waals surface area contributed by atoms with Crippen molar-refractivity contribution in [3.8, 4) is 11.1 Å². The van der Waals surface area contributed by atoms with E-state index in [2.05, 4.69) is 32.3 Å². The van der Waals surface area contributed by atoms with Gasteiger partial charge >= 0.3 is 10.2 Å². The number of alkyl halides is 1. The molecule has 3 saturated heterocycles. The van der Waals surface area contributed by atoms with Crippen LogP contribution in [-0.4, -0.2) is 106 Å². The summed E-state index contributed by atoms with van der Waals surface area (Å²) < 4.78 is 73.0. The molecule has 4 aliphatic rings. The van der Waals surface area contributed by atoms with Crippen molar-refractivity contribution >= 4 is 50.4 Å². The van der Waals surface area contributed by atoms with Crippen molar-refractivity contribution < 1.29 is 45.9 Å². The van der Waals surface area contributed by atoms with E-state index in [9.17, 15) is 37.1 Å². The maximum absolute atomic E-state index is 15.7. The Hall–Kier alpha value is -5.95. The number of likely N-dealkylation sites (tertiary alicyclic amines) is 1. The number of hydrogen-bond donors (Lipinski definition) is 4. The molecule has 3 fully saturated rings. The van der Waals surface area contributed by atoms with Crippen LogP contribution in [0.25, 0.3) is 22.2 Å². The molecule has 5 aromatic rings. The molecule has 4 N–H and O–H groups in total. The Morgan fingerprint density at radius 1 is 0.952 bits per heavy atom. The number of fused-ring (bicyclic) bond motifs is 2. The van der Waals surface area contributed by atoms with Gasteiger partial charge in [-0.3, -0.25) is 29.2 Å². The van der Waals surface area contributed by atoms with Crippen molar-refractivity contribution in [2.75, 3.05) is 37.4 Å². The molecule has 6 heterocycles. The minimum atomic E-state index is -4.36. The SMILES string of the molecule is O=C1CCC(N2Cc3cc([C@H](O)CCN4CCC(c5ccc(-c6cnc7[nH]cc(C(=O)c8c(F)ccc(NS(=O)(=O)N9CC[C@@H](F)C9)c8F)c7c6)cc5)CC4)ccc3C2=O)C(=O)N1. The van der Waals surface area contributed by atoms with Gasteiger partial charge in [0.1, 0.15) is 23.7 Å². The molecule has 3 aromatic carbocycles. The lowest BCUT2D eigenvalue weighted by atomic mass is 9.88. The highest BCUT2D eigenvalue weighted by atomic mass is 32.2. The molecule has 1 unspecified atom stereocenters. The van der Waals surface area contributed by atoms with E-state index in [4.69, 9.17) is 0 Å². The molecule has 63 heavy (non-hydrogen) atoms. The summed E-state index contributed by atoms with van der Waals surface area (Å²) in [5.74, 6) is -4.32. The van der Waals surface area contributed by atoms with Crippen molar-refractivity contribution in [3.63, 3.8) is 0 Å². The fourth-order valence-electron chi connectivity index (χ4n) is 9.14. The molecule has 3 atom stereocenters. The third-order valence-electron chi connectivity index (χ3n) is 12.7. The van der Waals surface area contributed by atoms with Crippen molar-refractivity contribution in [2.45, 2.75) is 69.3 Å². The average Bonchev–Trinajstić information content (AvgIpc) is 4.00. The number of hydrogen-bond acceptors (Lipinski definition) is 9. The van der Waals surface area contributed by atoms with E-state index >= 15 is 8.78 Å². The highest BCUT2D eigenvalue weighted by molar-refractivity contribution is 7.90. The predicted molar refractivity (Wildman–Crippen MR) is 225 cm³/mol. The van der Waals surface area contributed by atoms with Gasteiger partial charge in [0.05, 0.1) is 17.4 Å². The fourth-order valence-corrected chi connectivity index (χ4v) is 10.4. The number of aromatic nitrogens is 2. The molecule has 0 saturated carbocycles. The Labute approximate surface area is 360 Å². The molecule has 0 radical (unpaired) electrons. The van der Waals surface area contributed by atoms with Crippen LogP contribution >= 0.6 is 0 Å². The van der Waals surface area contributed by atoms with Crippen molar-refractivity contribution in [3.05, 3.63) is 118 Å². The lowest BCUT2D eigenvalue weighted by molar-refractivity contribution is -0.136. The zero-order valence-corrected chi connectivity index (χ0v) is 34.8. The Bertz CT molecular complexity index is 2760. The molecule has 0 aliphatic carbocycles. The van der Waals surface area contributed by atoms with Gasteiger partial charge in [-0.25, -0.2) is 18.2 Å². The number of carbonyl (C=O) groups is 4. The van der Waals surface area contributed by atoms with E-state index in [1.807, 2.05) is 22.9 Å². The van der Waals surface area contributed by atoms with Crippen molar-refractivity contribution in [1.29, 1.82) is 0 Å². The fraction of sp³-hybridized carbons (Fsp3) is 0.356. The first-order valence-electron chi connectivity index (χ1n) is 20.9. The first-order valence-corrected chi connectivity index (χ1v) is 22.4. The van der Waals surface area contributed by atoms with Gasteiger partial charge in [0.2, 0.25) is 17.6 Å². The third-order valence-corrected chi connectivity index (χ3v) is 14.2.